The van der Waals surface area contributed by atoms with Crippen LogP contribution in [0.2, 0.25) is 5.02 Å². The van der Waals surface area contributed by atoms with Gasteiger partial charge in [0.15, 0.2) is 11.6 Å². The number of carbonyl (C=O) groups is 1. The van der Waals surface area contributed by atoms with Gasteiger partial charge in [0.25, 0.3) is 0 Å². The molecule has 2 aromatic carbocycles. The Labute approximate surface area is 167 Å². The summed E-state index contributed by atoms with van der Waals surface area (Å²) in [7, 11) is 1.56. The van der Waals surface area contributed by atoms with E-state index in [0.717, 1.165) is 11.4 Å². The average Bonchev–Trinajstić information content (AvgIpc) is 2.70. The molecule has 0 saturated heterocycles. The van der Waals surface area contributed by atoms with Crippen molar-refractivity contribution in [3.8, 4) is 11.5 Å². The first kappa shape index (κ1) is 19.4. The third-order valence-corrected chi connectivity index (χ3v) is 3.99. The first-order valence-corrected chi connectivity index (χ1v) is 8.94. The SMILES string of the molecule is COc1ccc(Nc2ccc(NC(=O)CCOc3ccccc3)nn2)cc1Cl. The fraction of sp³-hybridized carbons (Fsp3) is 0.150. The lowest BCUT2D eigenvalue weighted by Gasteiger charge is -2.09. The molecule has 0 radical (unpaired) electrons. The zero-order valence-electron chi connectivity index (χ0n) is 15.2. The van der Waals surface area contributed by atoms with E-state index >= 15 is 0 Å². The number of methoxy groups -OCH3 is 1. The number of aromatic nitrogens is 2. The maximum atomic E-state index is 12.0. The van der Waals surface area contributed by atoms with Gasteiger partial charge in [0.2, 0.25) is 5.91 Å². The molecule has 0 fully saturated rings. The first-order chi connectivity index (χ1) is 13.6. The van der Waals surface area contributed by atoms with Crippen LogP contribution in [0.5, 0.6) is 11.5 Å². The number of hydrogen-bond donors (Lipinski definition) is 2. The van der Waals surface area contributed by atoms with Gasteiger partial charge in [-0.05, 0) is 42.5 Å². The average molecular weight is 399 g/mol. The van der Waals surface area contributed by atoms with Crippen LogP contribution in [0, 0.1) is 0 Å². The van der Waals surface area contributed by atoms with Crippen molar-refractivity contribution >= 4 is 34.8 Å². The van der Waals surface area contributed by atoms with E-state index in [9.17, 15) is 4.79 Å². The Morgan fingerprint density at radius 1 is 1.04 bits per heavy atom. The van der Waals surface area contributed by atoms with Gasteiger partial charge in [-0.25, -0.2) is 0 Å². The van der Waals surface area contributed by atoms with Gasteiger partial charge in [-0.15, -0.1) is 10.2 Å². The molecule has 0 atom stereocenters. The molecule has 0 aliphatic rings. The highest BCUT2D eigenvalue weighted by molar-refractivity contribution is 6.32. The largest absolute Gasteiger partial charge is 0.495 e. The van der Waals surface area contributed by atoms with E-state index in [2.05, 4.69) is 20.8 Å². The molecule has 0 aliphatic carbocycles. The summed E-state index contributed by atoms with van der Waals surface area (Å²) in [4.78, 5) is 12.0. The van der Waals surface area contributed by atoms with E-state index in [0.29, 0.717) is 22.4 Å². The molecule has 1 amide bonds. The first-order valence-electron chi connectivity index (χ1n) is 8.56. The number of carbonyl (C=O) groups excluding carboxylic acids is 1. The van der Waals surface area contributed by atoms with Crippen molar-refractivity contribution in [1.29, 1.82) is 0 Å². The number of para-hydroxylation sites is 1. The van der Waals surface area contributed by atoms with Crippen LogP contribution in [0.15, 0.2) is 60.7 Å². The van der Waals surface area contributed by atoms with Gasteiger partial charge >= 0.3 is 0 Å². The molecule has 0 spiro atoms. The third-order valence-electron chi connectivity index (χ3n) is 3.70. The molecule has 7 nitrogen and oxygen atoms in total. The Hall–Kier alpha value is -3.32. The number of hydrogen-bond acceptors (Lipinski definition) is 6. The summed E-state index contributed by atoms with van der Waals surface area (Å²) in [6.07, 6.45) is 0.209. The lowest BCUT2D eigenvalue weighted by atomic mass is 10.3. The zero-order chi connectivity index (χ0) is 19.8. The number of halogens is 1. The second-order valence-corrected chi connectivity index (χ2v) is 6.15. The number of amides is 1. The highest BCUT2D eigenvalue weighted by Gasteiger charge is 2.06. The van der Waals surface area contributed by atoms with Gasteiger partial charge in [-0.1, -0.05) is 29.8 Å². The Morgan fingerprint density at radius 3 is 2.46 bits per heavy atom. The predicted octanol–water partition coefficient (Wildman–Crippen LogP) is 4.29. The van der Waals surface area contributed by atoms with Crippen molar-refractivity contribution in [3.05, 3.63) is 65.7 Å². The van der Waals surface area contributed by atoms with E-state index in [1.54, 1.807) is 31.4 Å². The van der Waals surface area contributed by atoms with Crippen LogP contribution in [0.3, 0.4) is 0 Å². The lowest BCUT2D eigenvalue weighted by Crippen LogP contribution is -2.16. The fourth-order valence-electron chi connectivity index (χ4n) is 2.34. The normalized spacial score (nSPS) is 10.2. The predicted molar refractivity (Wildman–Crippen MR) is 109 cm³/mol. The van der Waals surface area contributed by atoms with Crippen molar-refractivity contribution in [1.82, 2.24) is 10.2 Å². The van der Waals surface area contributed by atoms with Crippen molar-refractivity contribution in [3.63, 3.8) is 0 Å². The summed E-state index contributed by atoms with van der Waals surface area (Å²) in [6, 6.07) is 18.0. The number of nitrogens with one attached hydrogen (secondary N) is 2. The molecule has 0 aliphatic heterocycles. The van der Waals surface area contributed by atoms with Gasteiger partial charge in [-0.3, -0.25) is 4.79 Å². The molecular weight excluding hydrogens is 380 g/mol. The van der Waals surface area contributed by atoms with E-state index < -0.39 is 0 Å². The number of rotatable bonds is 8. The molecule has 1 aromatic heterocycles. The van der Waals surface area contributed by atoms with Crippen LogP contribution in [0.4, 0.5) is 17.3 Å². The Kier molecular flexibility index (Phi) is 6.64. The van der Waals surface area contributed by atoms with Crippen molar-refractivity contribution < 1.29 is 14.3 Å². The van der Waals surface area contributed by atoms with Gasteiger partial charge < -0.3 is 20.1 Å². The summed E-state index contributed by atoms with van der Waals surface area (Å²) >= 11 is 6.10. The topological polar surface area (TPSA) is 85.4 Å². The molecule has 144 valence electrons. The number of anilines is 3. The van der Waals surface area contributed by atoms with Gasteiger partial charge in [-0.2, -0.15) is 0 Å². The molecular formula is C20H19ClN4O3. The molecule has 0 unspecified atom stereocenters. The minimum Gasteiger partial charge on any atom is -0.495 e. The van der Waals surface area contributed by atoms with Gasteiger partial charge in [0.1, 0.15) is 11.5 Å². The molecule has 2 N–H and O–H groups in total. The lowest BCUT2D eigenvalue weighted by molar-refractivity contribution is -0.116. The number of benzene rings is 2. The van der Waals surface area contributed by atoms with E-state index in [1.165, 1.54) is 0 Å². The smallest absolute Gasteiger partial charge is 0.229 e. The Bertz CT molecular complexity index is 920. The maximum Gasteiger partial charge on any atom is 0.229 e. The zero-order valence-corrected chi connectivity index (χ0v) is 15.9. The monoisotopic (exact) mass is 398 g/mol. The highest BCUT2D eigenvalue weighted by Crippen LogP contribution is 2.28. The van der Waals surface area contributed by atoms with Crippen LogP contribution in [-0.4, -0.2) is 29.8 Å². The Balaban J connectivity index is 1.48. The maximum absolute atomic E-state index is 12.0. The minimum atomic E-state index is -0.201. The van der Waals surface area contributed by atoms with E-state index in [1.807, 2.05) is 36.4 Å². The number of nitrogens with zero attached hydrogens (tertiary/aromatic N) is 2. The summed E-state index contributed by atoms with van der Waals surface area (Å²) in [5, 5.41) is 14.3. The second-order valence-electron chi connectivity index (χ2n) is 5.74. The molecule has 1 heterocycles. The summed E-state index contributed by atoms with van der Waals surface area (Å²) in [5.74, 6) is 2.00. The summed E-state index contributed by atoms with van der Waals surface area (Å²) < 4.78 is 10.6. The molecule has 3 aromatic rings. The van der Waals surface area contributed by atoms with Crippen molar-refractivity contribution in [2.24, 2.45) is 0 Å². The van der Waals surface area contributed by atoms with Crippen LogP contribution >= 0.6 is 11.6 Å². The van der Waals surface area contributed by atoms with Crippen molar-refractivity contribution in [2.45, 2.75) is 6.42 Å². The Morgan fingerprint density at radius 2 is 1.79 bits per heavy atom. The van der Waals surface area contributed by atoms with Crippen LogP contribution in [0.1, 0.15) is 6.42 Å². The minimum absolute atomic E-state index is 0.201. The highest BCUT2D eigenvalue weighted by atomic mass is 35.5. The quantitative estimate of drug-likeness (QED) is 0.588. The van der Waals surface area contributed by atoms with Crippen LogP contribution in [-0.2, 0) is 4.79 Å². The standard InChI is InChI=1S/C20H19ClN4O3/c1-27-17-8-7-14(13-16(17)21)22-18-9-10-19(25-24-18)23-20(26)11-12-28-15-5-3-2-4-6-15/h2-10,13H,11-12H2,1H3,(H,22,24)(H,23,25,26). The van der Waals surface area contributed by atoms with Crippen LogP contribution < -0.4 is 20.1 Å². The third kappa shape index (κ3) is 5.59. The molecule has 3 rings (SSSR count). The van der Waals surface area contributed by atoms with Crippen molar-refractivity contribution in [2.75, 3.05) is 24.4 Å². The van der Waals surface area contributed by atoms with Gasteiger partial charge in [0.05, 0.1) is 25.2 Å². The molecule has 28 heavy (non-hydrogen) atoms. The molecule has 8 heteroatoms. The fourth-order valence-corrected chi connectivity index (χ4v) is 2.60. The van der Waals surface area contributed by atoms with Gasteiger partial charge in [0, 0.05) is 5.69 Å². The second kappa shape index (κ2) is 9.57. The molecule has 0 bridgehead atoms. The van der Waals surface area contributed by atoms with Crippen LogP contribution in [0.25, 0.3) is 0 Å². The number of ether oxygens (including phenoxy) is 2. The van der Waals surface area contributed by atoms with E-state index in [-0.39, 0.29) is 18.9 Å². The van der Waals surface area contributed by atoms with E-state index in [4.69, 9.17) is 21.1 Å². The summed E-state index contributed by atoms with van der Waals surface area (Å²) in [5.41, 5.74) is 0.745. The molecule has 0 saturated carbocycles. The summed E-state index contributed by atoms with van der Waals surface area (Å²) in [6.45, 7) is 0.279.